The topological polar surface area (TPSA) is 48.5 Å². The summed E-state index contributed by atoms with van der Waals surface area (Å²) in [5.74, 6) is -0.489. The number of amides is 1. The number of carbonyl (C=O) groups is 1. The number of aromatic nitrogens is 1. The van der Waals surface area contributed by atoms with E-state index < -0.39 is 0 Å². The number of carbonyl (C=O) groups excluding carboxylic acids is 1. The van der Waals surface area contributed by atoms with Crippen LogP contribution in [0.2, 0.25) is 0 Å². The van der Waals surface area contributed by atoms with Crippen LogP contribution in [0.25, 0.3) is 11.1 Å². The minimum Gasteiger partial charge on any atom is -0.367 e. The number of nitrogens with one attached hydrogen (secondary N) is 1. The van der Waals surface area contributed by atoms with E-state index in [4.69, 9.17) is 0 Å². The highest BCUT2D eigenvalue weighted by molar-refractivity contribution is 6.04. The molecule has 1 aliphatic rings. The van der Waals surface area contributed by atoms with Crippen molar-refractivity contribution in [2.75, 3.05) is 43.4 Å². The monoisotopic (exact) mass is 390 g/mol. The van der Waals surface area contributed by atoms with Crippen molar-refractivity contribution < 1.29 is 9.18 Å². The molecular weight excluding hydrogens is 367 g/mol. The van der Waals surface area contributed by atoms with Crippen molar-refractivity contribution >= 4 is 17.3 Å². The number of anilines is 2. The first kappa shape index (κ1) is 19.1. The smallest absolute Gasteiger partial charge is 0.255 e. The van der Waals surface area contributed by atoms with E-state index in [0.717, 1.165) is 37.3 Å². The second kappa shape index (κ2) is 8.41. The fraction of sp³-hybridized carbons (Fsp3) is 0.217. The zero-order chi connectivity index (χ0) is 20.2. The van der Waals surface area contributed by atoms with E-state index in [-0.39, 0.29) is 11.7 Å². The normalized spacial score (nSPS) is 14.6. The predicted octanol–water partition coefficient (Wildman–Crippen LogP) is 3.89. The van der Waals surface area contributed by atoms with Gasteiger partial charge in [-0.15, -0.1) is 0 Å². The van der Waals surface area contributed by atoms with Gasteiger partial charge in [0.1, 0.15) is 5.82 Å². The number of nitrogens with zero attached hydrogens (tertiary/aromatic N) is 3. The number of hydrogen-bond donors (Lipinski definition) is 1. The predicted molar refractivity (Wildman–Crippen MR) is 114 cm³/mol. The maximum absolute atomic E-state index is 14.3. The molecule has 0 saturated carbocycles. The quantitative estimate of drug-likeness (QED) is 0.734. The summed E-state index contributed by atoms with van der Waals surface area (Å²) < 4.78 is 14.3. The molecule has 2 aromatic carbocycles. The number of halogens is 1. The van der Waals surface area contributed by atoms with Gasteiger partial charge in [-0.2, -0.15) is 0 Å². The van der Waals surface area contributed by atoms with Crippen LogP contribution in [-0.4, -0.2) is 49.0 Å². The molecule has 1 aliphatic heterocycles. The molecule has 1 aromatic heterocycles. The molecule has 1 amide bonds. The Hall–Kier alpha value is -3.25. The van der Waals surface area contributed by atoms with E-state index in [2.05, 4.69) is 22.2 Å². The van der Waals surface area contributed by atoms with Gasteiger partial charge in [0.25, 0.3) is 5.91 Å². The molecule has 5 nitrogen and oxygen atoms in total. The second-order valence-electron chi connectivity index (χ2n) is 7.22. The summed E-state index contributed by atoms with van der Waals surface area (Å²) in [7, 11) is 2.06. The van der Waals surface area contributed by atoms with E-state index in [1.807, 2.05) is 29.2 Å². The third-order valence-corrected chi connectivity index (χ3v) is 5.21. The summed E-state index contributed by atoms with van der Waals surface area (Å²) in [5.41, 5.74) is 3.73. The third-order valence-electron chi connectivity index (χ3n) is 5.21. The zero-order valence-electron chi connectivity index (χ0n) is 16.3. The first-order chi connectivity index (χ1) is 14.1. The molecule has 1 fully saturated rings. The summed E-state index contributed by atoms with van der Waals surface area (Å²) in [6.07, 6.45) is 3.48. The van der Waals surface area contributed by atoms with Gasteiger partial charge >= 0.3 is 0 Å². The Labute approximate surface area is 169 Å². The molecule has 3 aromatic rings. The maximum atomic E-state index is 14.3. The number of piperazine rings is 1. The van der Waals surface area contributed by atoms with Crippen LogP contribution in [0, 0.1) is 5.82 Å². The van der Waals surface area contributed by atoms with Crippen molar-refractivity contribution in [3.8, 4) is 11.1 Å². The van der Waals surface area contributed by atoms with Crippen LogP contribution < -0.4 is 10.2 Å². The standard InChI is InChI=1S/C23H23FN4O/c1-27-12-14-28(15-13-27)22-16-20(6-7-21(22)24)26-23(29)19-4-2-17(3-5-19)18-8-10-25-11-9-18/h2-11,16H,12-15H2,1H3,(H,26,29). The van der Waals surface area contributed by atoms with Crippen LogP contribution in [0.15, 0.2) is 67.0 Å². The van der Waals surface area contributed by atoms with E-state index in [9.17, 15) is 9.18 Å². The van der Waals surface area contributed by atoms with Gasteiger partial charge in [-0.1, -0.05) is 12.1 Å². The van der Waals surface area contributed by atoms with Gasteiger partial charge in [0.15, 0.2) is 0 Å². The van der Waals surface area contributed by atoms with Crippen molar-refractivity contribution in [2.24, 2.45) is 0 Å². The number of benzene rings is 2. The van der Waals surface area contributed by atoms with Crippen molar-refractivity contribution in [2.45, 2.75) is 0 Å². The Morgan fingerprint density at radius 1 is 0.931 bits per heavy atom. The molecule has 0 bridgehead atoms. The Bertz CT molecular complexity index is 984. The van der Waals surface area contributed by atoms with Gasteiger partial charge in [0.2, 0.25) is 0 Å². The minimum atomic E-state index is -0.269. The maximum Gasteiger partial charge on any atom is 0.255 e. The van der Waals surface area contributed by atoms with Gasteiger partial charge in [0.05, 0.1) is 5.69 Å². The SMILES string of the molecule is CN1CCN(c2cc(NC(=O)c3ccc(-c4ccncc4)cc3)ccc2F)CC1. The van der Waals surface area contributed by atoms with E-state index >= 15 is 0 Å². The summed E-state index contributed by atoms with van der Waals surface area (Å²) >= 11 is 0. The van der Waals surface area contributed by atoms with Crippen LogP contribution in [0.3, 0.4) is 0 Å². The highest BCUT2D eigenvalue weighted by Gasteiger charge is 2.18. The third kappa shape index (κ3) is 4.43. The first-order valence-corrected chi connectivity index (χ1v) is 9.65. The molecule has 1 saturated heterocycles. The van der Waals surface area contributed by atoms with Crippen LogP contribution in [-0.2, 0) is 0 Å². The van der Waals surface area contributed by atoms with Crippen LogP contribution in [0.1, 0.15) is 10.4 Å². The molecular formula is C23H23FN4O. The van der Waals surface area contributed by atoms with Crippen LogP contribution in [0.4, 0.5) is 15.8 Å². The number of rotatable bonds is 4. The summed E-state index contributed by atoms with van der Waals surface area (Å²) in [4.78, 5) is 20.9. The Morgan fingerprint density at radius 2 is 1.59 bits per heavy atom. The summed E-state index contributed by atoms with van der Waals surface area (Å²) in [5, 5.41) is 2.88. The Kier molecular flexibility index (Phi) is 5.53. The summed E-state index contributed by atoms with van der Waals surface area (Å²) in [6, 6.07) is 16.0. The van der Waals surface area contributed by atoms with Gasteiger partial charge in [-0.05, 0) is 60.6 Å². The van der Waals surface area contributed by atoms with Crippen molar-refractivity contribution in [1.82, 2.24) is 9.88 Å². The van der Waals surface area contributed by atoms with Gasteiger partial charge < -0.3 is 15.1 Å². The van der Waals surface area contributed by atoms with E-state index in [1.54, 1.807) is 36.7 Å². The lowest BCUT2D eigenvalue weighted by Crippen LogP contribution is -2.44. The molecule has 1 N–H and O–H groups in total. The van der Waals surface area contributed by atoms with Gasteiger partial charge in [0, 0.05) is 49.8 Å². The minimum absolute atomic E-state index is 0.220. The molecule has 29 heavy (non-hydrogen) atoms. The molecule has 6 heteroatoms. The average molecular weight is 390 g/mol. The average Bonchev–Trinajstić information content (AvgIpc) is 2.76. The zero-order valence-corrected chi connectivity index (χ0v) is 16.3. The second-order valence-corrected chi connectivity index (χ2v) is 7.22. The first-order valence-electron chi connectivity index (χ1n) is 9.65. The Balaban J connectivity index is 1.47. The number of likely N-dealkylation sites (N-methyl/N-ethyl adjacent to an activating group) is 1. The fourth-order valence-corrected chi connectivity index (χ4v) is 3.44. The highest BCUT2D eigenvalue weighted by atomic mass is 19.1. The molecule has 148 valence electrons. The summed E-state index contributed by atoms with van der Waals surface area (Å²) in [6.45, 7) is 3.31. The van der Waals surface area contributed by atoms with Crippen molar-refractivity contribution in [3.63, 3.8) is 0 Å². The number of hydrogen-bond acceptors (Lipinski definition) is 4. The Morgan fingerprint density at radius 3 is 2.28 bits per heavy atom. The highest BCUT2D eigenvalue weighted by Crippen LogP contribution is 2.25. The van der Waals surface area contributed by atoms with E-state index in [0.29, 0.717) is 16.9 Å². The molecule has 0 unspecified atom stereocenters. The lowest BCUT2D eigenvalue weighted by Gasteiger charge is -2.34. The largest absolute Gasteiger partial charge is 0.367 e. The van der Waals surface area contributed by atoms with Crippen LogP contribution >= 0.6 is 0 Å². The van der Waals surface area contributed by atoms with E-state index in [1.165, 1.54) is 6.07 Å². The molecule has 0 atom stereocenters. The molecule has 0 radical (unpaired) electrons. The van der Waals surface area contributed by atoms with Crippen LogP contribution in [0.5, 0.6) is 0 Å². The lowest BCUT2D eigenvalue weighted by atomic mass is 10.0. The molecule has 2 heterocycles. The molecule has 0 spiro atoms. The molecule has 4 rings (SSSR count). The number of pyridine rings is 1. The lowest BCUT2D eigenvalue weighted by molar-refractivity contribution is 0.102. The fourth-order valence-electron chi connectivity index (χ4n) is 3.44. The van der Waals surface area contributed by atoms with Crippen molar-refractivity contribution in [3.05, 3.63) is 78.4 Å². The molecule has 0 aliphatic carbocycles. The van der Waals surface area contributed by atoms with Gasteiger partial charge in [-0.3, -0.25) is 9.78 Å². The van der Waals surface area contributed by atoms with Crippen molar-refractivity contribution in [1.29, 1.82) is 0 Å². The van der Waals surface area contributed by atoms with Gasteiger partial charge in [-0.25, -0.2) is 4.39 Å².